The van der Waals surface area contributed by atoms with Gasteiger partial charge in [-0.25, -0.2) is 9.18 Å². The Bertz CT molecular complexity index is 949. The number of urea groups is 1. The van der Waals surface area contributed by atoms with Crippen LogP contribution in [-0.4, -0.2) is 15.8 Å². The molecule has 3 rings (SSSR count). The number of halogens is 1. The van der Waals surface area contributed by atoms with Gasteiger partial charge in [-0.15, -0.1) is 0 Å². The number of rotatable bonds is 4. The van der Waals surface area contributed by atoms with Gasteiger partial charge < -0.3 is 10.6 Å². The number of benzene rings is 2. The maximum Gasteiger partial charge on any atom is 0.323 e. The van der Waals surface area contributed by atoms with Crippen molar-refractivity contribution in [3.63, 3.8) is 0 Å². The average Bonchev–Trinajstić information content (AvgIpc) is 2.82. The van der Waals surface area contributed by atoms with Crippen molar-refractivity contribution < 1.29 is 9.18 Å². The van der Waals surface area contributed by atoms with Crippen LogP contribution in [0, 0.1) is 26.6 Å². The minimum Gasteiger partial charge on any atom is -0.308 e. The molecule has 5 nitrogen and oxygen atoms in total. The molecule has 2 aromatic carbocycles. The lowest BCUT2D eigenvalue weighted by molar-refractivity contribution is 0.262. The molecule has 0 aliphatic heterocycles. The van der Waals surface area contributed by atoms with Crippen molar-refractivity contribution in [3.8, 4) is 0 Å². The molecule has 0 saturated heterocycles. The summed E-state index contributed by atoms with van der Waals surface area (Å²) in [5.41, 5.74) is 4.97. The van der Waals surface area contributed by atoms with Gasteiger partial charge in [0.2, 0.25) is 0 Å². The number of nitrogens with zero attached hydrogens (tertiary/aromatic N) is 2. The standard InChI is InChI=1S/C20H21FN4O/c1-13-6-4-7-16(10-13)12-25-15(3)19(14(2)24-25)23-20(26)22-18-9-5-8-17(21)11-18/h4-11H,12H2,1-3H3,(H2,22,23,26). The lowest BCUT2D eigenvalue weighted by Crippen LogP contribution is -2.20. The number of aromatic nitrogens is 2. The van der Waals surface area contributed by atoms with E-state index in [-0.39, 0.29) is 0 Å². The van der Waals surface area contributed by atoms with Gasteiger partial charge in [0, 0.05) is 5.69 Å². The SMILES string of the molecule is Cc1cccc(Cn2nc(C)c(NC(=O)Nc3cccc(F)c3)c2C)c1. The molecule has 2 amide bonds. The second-order valence-electron chi connectivity index (χ2n) is 6.28. The summed E-state index contributed by atoms with van der Waals surface area (Å²) in [6, 6.07) is 13.6. The van der Waals surface area contributed by atoms with Crippen molar-refractivity contribution in [2.24, 2.45) is 0 Å². The predicted octanol–water partition coefficient (Wildman–Crippen LogP) is 4.64. The lowest BCUT2D eigenvalue weighted by atomic mass is 10.1. The number of anilines is 2. The third kappa shape index (κ3) is 4.08. The van der Waals surface area contributed by atoms with Gasteiger partial charge >= 0.3 is 6.03 Å². The topological polar surface area (TPSA) is 59.0 Å². The molecule has 1 aromatic heterocycles. The van der Waals surface area contributed by atoms with E-state index in [1.54, 1.807) is 12.1 Å². The molecule has 6 heteroatoms. The van der Waals surface area contributed by atoms with Gasteiger partial charge in [-0.1, -0.05) is 35.9 Å². The highest BCUT2D eigenvalue weighted by Gasteiger charge is 2.14. The first-order valence-electron chi connectivity index (χ1n) is 8.35. The quantitative estimate of drug-likeness (QED) is 0.719. The van der Waals surface area contributed by atoms with E-state index in [0.717, 1.165) is 17.0 Å². The Morgan fingerprint density at radius 2 is 1.85 bits per heavy atom. The fourth-order valence-electron chi connectivity index (χ4n) is 2.86. The molecule has 26 heavy (non-hydrogen) atoms. The van der Waals surface area contributed by atoms with Crippen molar-refractivity contribution >= 4 is 17.4 Å². The molecular weight excluding hydrogens is 331 g/mol. The number of carbonyl (C=O) groups excluding carboxylic acids is 1. The molecule has 0 aliphatic carbocycles. The Kier molecular flexibility index (Phi) is 5.02. The van der Waals surface area contributed by atoms with Gasteiger partial charge in [0.1, 0.15) is 5.82 Å². The predicted molar refractivity (Wildman–Crippen MR) is 101 cm³/mol. The number of carbonyl (C=O) groups is 1. The summed E-state index contributed by atoms with van der Waals surface area (Å²) in [5.74, 6) is -0.402. The van der Waals surface area contributed by atoms with Crippen LogP contribution in [0.5, 0.6) is 0 Å². The van der Waals surface area contributed by atoms with E-state index in [1.165, 1.54) is 17.7 Å². The zero-order valence-corrected chi connectivity index (χ0v) is 15.0. The Hall–Kier alpha value is -3.15. The van der Waals surface area contributed by atoms with Crippen LogP contribution in [0.2, 0.25) is 0 Å². The van der Waals surface area contributed by atoms with Gasteiger partial charge in [0.25, 0.3) is 0 Å². The summed E-state index contributed by atoms with van der Waals surface area (Å²) in [7, 11) is 0. The molecule has 0 aliphatic rings. The molecule has 0 saturated carbocycles. The summed E-state index contributed by atoms with van der Waals surface area (Å²) in [4.78, 5) is 12.2. The number of nitrogens with one attached hydrogen (secondary N) is 2. The van der Waals surface area contributed by atoms with Crippen LogP contribution in [0.3, 0.4) is 0 Å². The van der Waals surface area contributed by atoms with Crippen LogP contribution in [-0.2, 0) is 6.54 Å². The molecule has 0 radical (unpaired) electrons. The van der Waals surface area contributed by atoms with E-state index >= 15 is 0 Å². The third-order valence-electron chi connectivity index (χ3n) is 4.12. The normalized spacial score (nSPS) is 10.6. The fourth-order valence-corrected chi connectivity index (χ4v) is 2.86. The maximum absolute atomic E-state index is 13.2. The smallest absolute Gasteiger partial charge is 0.308 e. The third-order valence-corrected chi connectivity index (χ3v) is 4.12. The molecule has 1 heterocycles. The van der Waals surface area contributed by atoms with E-state index in [4.69, 9.17) is 0 Å². The Labute approximate surface area is 151 Å². The summed E-state index contributed by atoms with van der Waals surface area (Å²) < 4.78 is 15.1. The molecule has 0 atom stereocenters. The minimum atomic E-state index is -0.433. The van der Waals surface area contributed by atoms with Gasteiger partial charge in [-0.3, -0.25) is 4.68 Å². The minimum absolute atomic E-state index is 0.393. The molecule has 0 spiro atoms. The van der Waals surface area contributed by atoms with Gasteiger partial charge in [0.05, 0.1) is 23.6 Å². The summed E-state index contributed by atoms with van der Waals surface area (Å²) in [5, 5.41) is 9.96. The molecule has 3 aromatic rings. The molecule has 0 bridgehead atoms. The maximum atomic E-state index is 13.2. The van der Waals surface area contributed by atoms with Gasteiger partial charge in [-0.2, -0.15) is 5.10 Å². The van der Waals surface area contributed by atoms with Crippen LogP contribution in [0.4, 0.5) is 20.6 Å². The van der Waals surface area contributed by atoms with Crippen molar-refractivity contribution in [3.05, 3.63) is 76.9 Å². The van der Waals surface area contributed by atoms with E-state index in [2.05, 4.69) is 34.8 Å². The van der Waals surface area contributed by atoms with E-state index in [1.807, 2.05) is 30.7 Å². The molecule has 0 fully saturated rings. The summed E-state index contributed by atoms with van der Waals surface area (Å²) in [6.45, 7) is 6.43. The van der Waals surface area contributed by atoms with Crippen molar-refractivity contribution in [1.29, 1.82) is 0 Å². The lowest BCUT2D eigenvalue weighted by Gasteiger charge is -2.09. The van der Waals surface area contributed by atoms with Crippen LogP contribution in [0.15, 0.2) is 48.5 Å². The van der Waals surface area contributed by atoms with E-state index in [9.17, 15) is 9.18 Å². The summed E-state index contributed by atoms with van der Waals surface area (Å²) >= 11 is 0. The number of amides is 2. The Morgan fingerprint density at radius 3 is 2.58 bits per heavy atom. The van der Waals surface area contributed by atoms with Crippen molar-refractivity contribution in [1.82, 2.24) is 9.78 Å². The first-order chi connectivity index (χ1) is 12.4. The zero-order chi connectivity index (χ0) is 18.7. The van der Waals surface area contributed by atoms with Crippen molar-refractivity contribution in [2.75, 3.05) is 10.6 Å². The summed E-state index contributed by atoms with van der Waals surface area (Å²) in [6.07, 6.45) is 0. The van der Waals surface area contributed by atoms with Gasteiger partial charge in [0.15, 0.2) is 0 Å². The van der Waals surface area contributed by atoms with E-state index in [0.29, 0.717) is 17.9 Å². The van der Waals surface area contributed by atoms with Gasteiger partial charge in [-0.05, 0) is 44.5 Å². The largest absolute Gasteiger partial charge is 0.323 e. The monoisotopic (exact) mass is 352 g/mol. The van der Waals surface area contributed by atoms with Crippen LogP contribution >= 0.6 is 0 Å². The Morgan fingerprint density at radius 1 is 1.08 bits per heavy atom. The van der Waals surface area contributed by atoms with Crippen LogP contribution in [0.1, 0.15) is 22.5 Å². The molecule has 134 valence electrons. The second kappa shape index (κ2) is 7.39. The molecular formula is C20H21FN4O. The first-order valence-corrected chi connectivity index (χ1v) is 8.35. The molecule has 2 N–H and O–H groups in total. The van der Waals surface area contributed by atoms with Crippen LogP contribution < -0.4 is 10.6 Å². The number of hydrogen-bond donors (Lipinski definition) is 2. The van der Waals surface area contributed by atoms with Crippen molar-refractivity contribution in [2.45, 2.75) is 27.3 Å². The number of hydrogen-bond acceptors (Lipinski definition) is 2. The average molecular weight is 352 g/mol. The molecule has 0 unspecified atom stereocenters. The second-order valence-corrected chi connectivity index (χ2v) is 6.28. The fraction of sp³-hybridized carbons (Fsp3) is 0.200. The number of aryl methyl sites for hydroxylation is 2. The van der Waals surface area contributed by atoms with Crippen LogP contribution in [0.25, 0.3) is 0 Å². The highest BCUT2D eigenvalue weighted by Crippen LogP contribution is 2.21. The highest BCUT2D eigenvalue weighted by atomic mass is 19.1. The Balaban J connectivity index is 1.74. The highest BCUT2D eigenvalue weighted by molar-refractivity contribution is 6.00. The first kappa shape index (κ1) is 17.7. The zero-order valence-electron chi connectivity index (χ0n) is 15.0. The van der Waals surface area contributed by atoms with E-state index < -0.39 is 11.8 Å².